The van der Waals surface area contributed by atoms with Crippen molar-refractivity contribution in [2.75, 3.05) is 18.1 Å². The van der Waals surface area contributed by atoms with Gasteiger partial charge in [-0.25, -0.2) is 0 Å². The number of nitrogens with zero attached hydrogens (tertiary/aromatic N) is 1. The first-order chi connectivity index (χ1) is 7.97. The molecule has 1 heterocycles. The Kier molecular flexibility index (Phi) is 2.95. The number of benzene rings is 1. The van der Waals surface area contributed by atoms with E-state index in [0.29, 0.717) is 5.75 Å². The Balaban J connectivity index is 2.37. The fourth-order valence-corrected chi connectivity index (χ4v) is 1.67. The van der Waals surface area contributed by atoms with Crippen LogP contribution in [0.25, 0.3) is 0 Å². The third-order valence-electron chi connectivity index (χ3n) is 2.37. The number of halogens is 3. The van der Waals surface area contributed by atoms with Gasteiger partial charge < -0.3 is 4.74 Å². The van der Waals surface area contributed by atoms with Gasteiger partial charge in [-0.1, -0.05) is 12.1 Å². The summed E-state index contributed by atoms with van der Waals surface area (Å²) in [6.45, 7) is -1.18. The molecule has 0 saturated heterocycles. The van der Waals surface area contributed by atoms with Crippen LogP contribution in [0.2, 0.25) is 0 Å². The van der Waals surface area contributed by atoms with Gasteiger partial charge in [0.2, 0.25) is 5.91 Å². The van der Waals surface area contributed by atoms with Gasteiger partial charge in [0.1, 0.15) is 12.3 Å². The van der Waals surface area contributed by atoms with Crippen molar-refractivity contribution in [3.8, 4) is 5.75 Å². The summed E-state index contributed by atoms with van der Waals surface area (Å²) < 4.78 is 42.5. The Morgan fingerprint density at radius 1 is 1.29 bits per heavy atom. The van der Waals surface area contributed by atoms with Gasteiger partial charge in [0, 0.05) is 0 Å². The van der Waals surface area contributed by atoms with Gasteiger partial charge in [-0.15, -0.1) is 0 Å². The largest absolute Gasteiger partial charge is 0.491 e. The molecule has 3 nitrogen and oxygen atoms in total. The van der Waals surface area contributed by atoms with Crippen LogP contribution in [0.4, 0.5) is 18.9 Å². The fourth-order valence-electron chi connectivity index (χ4n) is 1.67. The lowest BCUT2D eigenvalue weighted by Crippen LogP contribution is -2.38. The number of carbonyl (C=O) groups excluding carboxylic acids is 1. The maximum Gasteiger partial charge on any atom is 0.406 e. The molecule has 1 aromatic carbocycles. The standard InChI is InChI=1S/C11H10F3NO2/c12-11(13,14)7-15-8-3-1-2-4-9(8)17-6-5-10(15)16/h1-4H,5-7H2. The Morgan fingerprint density at radius 2 is 2.00 bits per heavy atom. The minimum Gasteiger partial charge on any atom is -0.491 e. The molecule has 0 unspecified atom stereocenters. The highest BCUT2D eigenvalue weighted by molar-refractivity contribution is 5.95. The van der Waals surface area contributed by atoms with E-state index in [1.807, 2.05) is 0 Å². The molecule has 0 spiro atoms. The number of amides is 1. The molecular formula is C11H10F3NO2. The topological polar surface area (TPSA) is 29.5 Å². The normalized spacial score (nSPS) is 16.2. The summed E-state index contributed by atoms with van der Waals surface area (Å²) in [4.78, 5) is 12.3. The Morgan fingerprint density at radius 3 is 2.71 bits per heavy atom. The molecule has 92 valence electrons. The van der Waals surface area contributed by atoms with E-state index in [1.165, 1.54) is 6.07 Å². The highest BCUT2D eigenvalue weighted by Crippen LogP contribution is 2.33. The van der Waals surface area contributed by atoms with Gasteiger partial charge in [-0.05, 0) is 12.1 Å². The van der Waals surface area contributed by atoms with Crippen molar-refractivity contribution < 1.29 is 22.7 Å². The van der Waals surface area contributed by atoms with Crippen molar-refractivity contribution in [1.29, 1.82) is 0 Å². The van der Waals surface area contributed by atoms with E-state index in [4.69, 9.17) is 4.74 Å². The number of carbonyl (C=O) groups is 1. The second kappa shape index (κ2) is 4.27. The number of hydrogen-bond acceptors (Lipinski definition) is 2. The summed E-state index contributed by atoms with van der Waals surface area (Å²) in [5, 5.41) is 0. The lowest BCUT2D eigenvalue weighted by atomic mass is 10.2. The number of rotatable bonds is 1. The van der Waals surface area contributed by atoms with Crippen molar-refractivity contribution in [3.63, 3.8) is 0 Å². The molecule has 0 N–H and O–H groups in total. The van der Waals surface area contributed by atoms with Crippen LogP contribution in [0.3, 0.4) is 0 Å². The molecule has 1 aliphatic heterocycles. The van der Waals surface area contributed by atoms with E-state index in [9.17, 15) is 18.0 Å². The van der Waals surface area contributed by atoms with Gasteiger partial charge >= 0.3 is 6.18 Å². The minimum atomic E-state index is -4.42. The zero-order valence-corrected chi connectivity index (χ0v) is 8.83. The van der Waals surface area contributed by atoms with Crippen LogP contribution >= 0.6 is 0 Å². The number of ether oxygens (including phenoxy) is 1. The highest BCUT2D eigenvalue weighted by atomic mass is 19.4. The minimum absolute atomic E-state index is 0.0508. The van der Waals surface area contributed by atoms with Crippen molar-refractivity contribution >= 4 is 11.6 Å². The quantitative estimate of drug-likeness (QED) is 0.760. The first kappa shape index (κ1) is 11.8. The smallest absolute Gasteiger partial charge is 0.406 e. The van der Waals surface area contributed by atoms with Crippen LogP contribution < -0.4 is 9.64 Å². The molecule has 17 heavy (non-hydrogen) atoms. The Bertz CT molecular complexity index is 431. The number of hydrogen-bond donors (Lipinski definition) is 0. The highest BCUT2D eigenvalue weighted by Gasteiger charge is 2.35. The van der Waals surface area contributed by atoms with Crippen LogP contribution in [0.5, 0.6) is 5.75 Å². The van der Waals surface area contributed by atoms with Crippen molar-refractivity contribution in [3.05, 3.63) is 24.3 Å². The summed E-state index contributed by atoms with van der Waals surface area (Å²) in [6.07, 6.45) is -4.47. The van der Waals surface area contributed by atoms with E-state index in [1.54, 1.807) is 18.2 Å². The zero-order valence-electron chi connectivity index (χ0n) is 8.83. The second-order valence-electron chi connectivity index (χ2n) is 3.66. The van der Waals surface area contributed by atoms with Gasteiger partial charge in [-0.3, -0.25) is 9.69 Å². The van der Waals surface area contributed by atoms with E-state index >= 15 is 0 Å². The number of alkyl halides is 3. The molecule has 1 aromatic rings. The average Bonchev–Trinajstić information content (AvgIpc) is 2.38. The molecular weight excluding hydrogens is 235 g/mol. The van der Waals surface area contributed by atoms with E-state index < -0.39 is 18.6 Å². The molecule has 1 aliphatic rings. The maximum atomic E-state index is 12.4. The Labute approximate surface area is 95.8 Å². The third-order valence-corrected chi connectivity index (χ3v) is 2.37. The van der Waals surface area contributed by atoms with Crippen LogP contribution in [0.1, 0.15) is 6.42 Å². The van der Waals surface area contributed by atoms with Gasteiger partial charge in [0.15, 0.2) is 0 Å². The zero-order chi connectivity index (χ0) is 12.5. The SMILES string of the molecule is O=C1CCOc2ccccc2N1CC(F)(F)F. The predicted molar refractivity (Wildman–Crippen MR) is 55.0 cm³/mol. The number of fused-ring (bicyclic) bond motifs is 1. The average molecular weight is 245 g/mol. The third kappa shape index (κ3) is 2.69. The van der Waals surface area contributed by atoms with Crippen LogP contribution in [-0.4, -0.2) is 25.2 Å². The summed E-state index contributed by atoms with van der Waals surface area (Å²) in [6, 6.07) is 6.23. The van der Waals surface area contributed by atoms with Gasteiger partial charge in [0.25, 0.3) is 0 Å². The lowest BCUT2D eigenvalue weighted by molar-refractivity contribution is -0.132. The van der Waals surface area contributed by atoms with Crippen LogP contribution in [0, 0.1) is 0 Å². The fraction of sp³-hybridized carbons (Fsp3) is 0.364. The van der Waals surface area contributed by atoms with Crippen LogP contribution in [0.15, 0.2) is 24.3 Å². The van der Waals surface area contributed by atoms with E-state index in [0.717, 1.165) is 4.90 Å². The first-order valence-corrected chi connectivity index (χ1v) is 5.06. The molecule has 0 saturated carbocycles. The van der Waals surface area contributed by atoms with Crippen molar-refractivity contribution in [2.45, 2.75) is 12.6 Å². The maximum absolute atomic E-state index is 12.4. The van der Waals surface area contributed by atoms with E-state index in [2.05, 4.69) is 0 Å². The Hall–Kier alpha value is -1.72. The van der Waals surface area contributed by atoms with Gasteiger partial charge in [-0.2, -0.15) is 13.2 Å². The molecule has 2 rings (SSSR count). The monoisotopic (exact) mass is 245 g/mol. The van der Waals surface area contributed by atoms with Gasteiger partial charge in [0.05, 0.1) is 18.7 Å². The molecule has 1 amide bonds. The second-order valence-corrected chi connectivity index (χ2v) is 3.66. The van der Waals surface area contributed by atoms with E-state index in [-0.39, 0.29) is 18.7 Å². The molecule has 0 atom stereocenters. The molecule has 0 radical (unpaired) electrons. The molecule has 0 aromatic heterocycles. The summed E-state index contributed by atoms with van der Waals surface area (Å²) in [5.74, 6) is -0.269. The summed E-state index contributed by atoms with van der Waals surface area (Å²) >= 11 is 0. The molecule has 6 heteroatoms. The molecule has 0 aliphatic carbocycles. The van der Waals surface area contributed by atoms with Crippen LogP contribution in [-0.2, 0) is 4.79 Å². The molecule has 0 fully saturated rings. The summed E-state index contributed by atoms with van der Waals surface area (Å²) in [7, 11) is 0. The predicted octanol–water partition coefficient (Wildman–Crippen LogP) is 2.36. The number of para-hydroxylation sites is 2. The lowest BCUT2D eigenvalue weighted by Gasteiger charge is -2.22. The molecule has 0 bridgehead atoms. The van der Waals surface area contributed by atoms with Crippen molar-refractivity contribution in [1.82, 2.24) is 0 Å². The van der Waals surface area contributed by atoms with Crippen molar-refractivity contribution in [2.24, 2.45) is 0 Å². The summed E-state index contributed by atoms with van der Waals surface area (Å²) in [5.41, 5.74) is 0.173. The first-order valence-electron chi connectivity index (χ1n) is 5.06. The number of anilines is 1.